The summed E-state index contributed by atoms with van der Waals surface area (Å²) in [6, 6.07) is 0.469. The molecule has 1 aliphatic rings. The molecule has 1 atom stereocenters. The van der Waals surface area contributed by atoms with E-state index in [-0.39, 0.29) is 5.91 Å². The topological polar surface area (TPSA) is 41.1 Å². The van der Waals surface area contributed by atoms with Crippen LogP contribution in [0.1, 0.15) is 26.7 Å². The predicted molar refractivity (Wildman–Crippen MR) is 48.9 cm³/mol. The summed E-state index contributed by atoms with van der Waals surface area (Å²) in [4.78, 5) is 11.0. The third kappa shape index (κ3) is 3.22. The number of nitrogens with one attached hydrogen (secondary N) is 2. The van der Waals surface area contributed by atoms with Gasteiger partial charge in [0.15, 0.2) is 0 Å². The van der Waals surface area contributed by atoms with Gasteiger partial charge >= 0.3 is 0 Å². The second kappa shape index (κ2) is 4.45. The maximum Gasteiger partial charge on any atom is 0.221 e. The van der Waals surface area contributed by atoms with Gasteiger partial charge in [-0.25, -0.2) is 0 Å². The largest absolute Gasteiger partial charge is 0.354 e. The normalized spacial score (nSPS) is 25.2. The fourth-order valence-electron chi connectivity index (χ4n) is 1.52. The highest BCUT2D eigenvalue weighted by Gasteiger charge is 2.15. The fourth-order valence-corrected chi connectivity index (χ4v) is 1.52. The lowest BCUT2D eigenvalue weighted by Crippen LogP contribution is -2.36. The van der Waals surface area contributed by atoms with Crippen molar-refractivity contribution >= 4 is 5.91 Å². The molecule has 1 unspecified atom stereocenters. The van der Waals surface area contributed by atoms with Gasteiger partial charge in [-0.3, -0.25) is 4.79 Å². The molecule has 1 heterocycles. The average Bonchev–Trinajstić information content (AvgIpc) is 2.15. The SMILES string of the molecule is CC(C)CC1CNC(=O)CCN1. The third-order valence-corrected chi connectivity index (χ3v) is 2.09. The molecule has 0 aromatic heterocycles. The molecule has 2 N–H and O–H groups in total. The van der Waals surface area contributed by atoms with Crippen molar-refractivity contribution in [1.82, 2.24) is 10.6 Å². The first-order valence-corrected chi connectivity index (χ1v) is 4.68. The molecule has 0 saturated carbocycles. The Hall–Kier alpha value is -0.570. The van der Waals surface area contributed by atoms with Crippen LogP contribution in [0.2, 0.25) is 0 Å². The first-order valence-electron chi connectivity index (χ1n) is 4.68. The Bertz CT molecular complexity index is 157. The number of rotatable bonds is 2. The van der Waals surface area contributed by atoms with E-state index in [0.717, 1.165) is 19.5 Å². The van der Waals surface area contributed by atoms with Gasteiger partial charge in [-0.1, -0.05) is 13.8 Å². The lowest BCUT2D eigenvalue weighted by Gasteiger charge is -2.17. The highest BCUT2D eigenvalue weighted by atomic mass is 16.1. The summed E-state index contributed by atoms with van der Waals surface area (Å²) in [5, 5.41) is 6.26. The number of carbonyl (C=O) groups excluding carboxylic acids is 1. The lowest BCUT2D eigenvalue weighted by molar-refractivity contribution is -0.120. The molecule has 70 valence electrons. The van der Waals surface area contributed by atoms with E-state index in [0.29, 0.717) is 18.4 Å². The fraction of sp³-hybridized carbons (Fsp3) is 0.889. The van der Waals surface area contributed by atoms with E-state index in [2.05, 4.69) is 24.5 Å². The maximum absolute atomic E-state index is 11.0. The van der Waals surface area contributed by atoms with Crippen LogP contribution in [0.3, 0.4) is 0 Å². The minimum absolute atomic E-state index is 0.175. The number of hydrogen-bond donors (Lipinski definition) is 2. The van der Waals surface area contributed by atoms with Gasteiger partial charge in [-0.05, 0) is 12.3 Å². The maximum atomic E-state index is 11.0. The summed E-state index contributed by atoms with van der Waals surface area (Å²) in [5.41, 5.74) is 0. The van der Waals surface area contributed by atoms with Gasteiger partial charge in [0.1, 0.15) is 0 Å². The molecule has 3 heteroatoms. The number of carbonyl (C=O) groups is 1. The van der Waals surface area contributed by atoms with Crippen molar-refractivity contribution in [1.29, 1.82) is 0 Å². The van der Waals surface area contributed by atoms with Crippen LogP contribution in [-0.2, 0) is 4.79 Å². The van der Waals surface area contributed by atoms with Gasteiger partial charge in [-0.15, -0.1) is 0 Å². The van der Waals surface area contributed by atoms with Gasteiger partial charge < -0.3 is 10.6 Å². The van der Waals surface area contributed by atoms with Gasteiger partial charge in [0.25, 0.3) is 0 Å². The van der Waals surface area contributed by atoms with E-state index < -0.39 is 0 Å². The van der Waals surface area contributed by atoms with Gasteiger partial charge in [0.05, 0.1) is 0 Å². The van der Waals surface area contributed by atoms with E-state index in [4.69, 9.17) is 0 Å². The monoisotopic (exact) mass is 170 g/mol. The van der Waals surface area contributed by atoms with Crippen molar-refractivity contribution < 1.29 is 4.79 Å². The molecule has 0 aliphatic carbocycles. The summed E-state index contributed by atoms with van der Waals surface area (Å²) in [7, 11) is 0. The van der Waals surface area contributed by atoms with Gasteiger partial charge in [0.2, 0.25) is 5.91 Å². The van der Waals surface area contributed by atoms with Crippen molar-refractivity contribution in [2.75, 3.05) is 13.1 Å². The molecule has 12 heavy (non-hydrogen) atoms. The average molecular weight is 170 g/mol. The minimum Gasteiger partial charge on any atom is -0.354 e. The molecule has 0 radical (unpaired) electrons. The molecule has 1 rings (SSSR count). The molecule has 1 amide bonds. The van der Waals surface area contributed by atoms with Crippen molar-refractivity contribution in [3.63, 3.8) is 0 Å². The summed E-state index contributed by atoms with van der Waals surface area (Å²) < 4.78 is 0. The smallest absolute Gasteiger partial charge is 0.221 e. The Labute approximate surface area is 73.9 Å². The zero-order valence-corrected chi connectivity index (χ0v) is 7.89. The summed E-state index contributed by atoms with van der Waals surface area (Å²) in [6.07, 6.45) is 1.76. The molecular weight excluding hydrogens is 152 g/mol. The zero-order chi connectivity index (χ0) is 8.97. The molecular formula is C9H18N2O. The molecule has 0 spiro atoms. The standard InChI is InChI=1S/C9H18N2O/c1-7(2)5-8-6-11-9(12)3-4-10-8/h7-8,10H,3-6H2,1-2H3,(H,11,12). The highest BCUT2D eigenvalue weighted by molar-refractivity contribution is 5.76. The predicted octanol–water partition coefficient (Wildman–Crippen LogP) is 0.511. The van der Waals surface area contributed by atoms with E-state index in [1.54, 1.807) is 0 Å². The molecule has 0 bridgehead atoms. The van der Waals surface area contributed by atoms with Crippen molar-refractivity contribution in [3.05, 3.63) is 0 Å². The second-order valence-corrected chi connectivity index (χ2v) is 3.83. The van der Waals surface area contributed by atoms with Crippen molar-refractivity contribution in [3.8, 4) is 0 Å². The summed E-state index contributed by atoms with van der Waals surface area (Å²) in [6.45, 7) is 6.02. The lowest BCUT2D eigenvalue weighted by atomic mass is 10.0. The van der Waals surface area contributed by atoms with E-state index in [1.165, 1.54) is 0 Å². The van der Waals surface area contributed by atoms with E-state index in [1.807, 2.05) is 0 Å². The molecule has 1 saturated heterocycles. The molecule has 0 aromatic rings. The Morgan fingerprint density at radius 1 is 1.58 bits per heavy atom. The first-order chi connectivity index (χ1) is 5.68. The Balaban J connectivity index is 2.30. The van der Waals surface area contributed by atoms with E-state index >= 15 is 0 Å². The van der Waals surface area contributed by atoms with Crippen LogP contribution >= 0.6 is 0 Å². The number of hydrogen-bond acceptors (Lipinski definition) is 2. The van der Waals surface area contributed by atoms with Crippen LogP contribution in [0, 0.1) is 5.92 Å². The molecule has 3 nitrogen and oxygen atoms in total. The Morgan fingerprint density at radius 2 is 2.33 bits per heavy atom. The number of amides is 1. The van der Waals surface area contributed by atoms with Gasteiger partial charge in [-0.2, -0.15) is 0 Å². The second-order valence-electron chi connectivity index (χ2n) is 3.83. The molecule has 1 aliphatic heterocycles. The van der Waals surface area contributed by atoms with Gasteiger partial charge in [0, 0.05) is 25.6 Å². The van der Waals surface area contributed by atoms with Crippen LogP contribution < -0.4 is 10.6 Å². The van der Waals surface area contributed by atoms with Crippen LogP contribution in [0.5, 0.6) is 0 Å². The van der Waals surface area contributed by atoms with Crippen molar-refractivity contribution in [2.45, 2.75) is 32.7 Å². The van der Waals surface area contributed by atoms with Crippen LogP contribution in [-0.4, -0.2) is 25.0 Å². The van der Waals surface area contributed by atoms with E-state index in [9.17, 15) is 4.79 Å². The molecule has 0 aromatic carbocycles. The third-order valence-electron chi connectivity index (χ3n) is 2.09. The Kier molecular flexibility index (Phi) is 3.53. The molecule has 1 fully saturated rings. The van der Waals surface area contributed by atoms with Crippen LogP contribution in [0.25, 0.3) is 0 Å². The highest BCUT2D eigenvalue weighted by Crippen LogP contribution is 2.05. The van der Waals surface area contributed by atoms with Crippen LogP contribution in [0.15, 0.2) is 0 Å². The zero-order valence-electron chi connectivity index (χ0n) is 7.89. The Morgan fingerprint density at radius 3 is 3.00 bits per heavy atom. The minimum atomic E-state index is 0.175. The quantitative estimate of drug-likeness (QED) is 0.634. The summed E-state index contributed by atoms with van der Waals surface area (Å²) >= 11 is 0. The van der Waals surface area contributed by atoms with Crippen molar-refractivity contribution in [2.24, 2.45) is 5.92 Å². The summed E-state index contributed by atoms with van der Waals surface area (Å²) in [5.74, 6) is 0.867. The first kappa shape index (κ1) is 9.52. The van der Waals surface area contributed by atoms with Crippen LogP contribution in [0.4, 0.5) is 0 Å².